The molecule has 0 bridgehead atoms. The monoisotopic (exact) mass is 290 g/mol. The first-order chi connectivity index (χ1) is 9.13. The van der Waals surface area contributed by atoms with E-state index in [0.717, 1.165) is 0 Å². The van der Waals surface area contributed by atoms with Gasteiger partial charge in [-0.1, -0.05) is 0 Å². The highest BCUT2D eigenvalue weighted by atomic mass is 16.8. The van der Waals surface area contributed by atoms with E-state index in [0.29, 0.717) is 6.61 Å². The third-order valence-corrected chi connectivity index (χ3v) is 3.35. The van der Waals surface area contributed by atoms with Crippen LogP contribution in [-0.4, -0.2) is 60.9 Å². The van der Waals surface area contributed by atoms with Crippen molar-refractivity contribution in [1.29, 1.82) is 0 Å². The Hall–Kier alpha value is -0.240. The van der Waals surface area contributed by atoms with Crippen LogP contribution in [0.5, 0.6) is 0 Å². The van der Waals surface area contributed by atoms with Crippen LogP contribution in [0.1, 0.15) is 34.6 Å². The lowest BCUT2D eigenvalue weighted by atomic mass is 9.96. The second-order valence-corrected chi connectivity index (χ2v) is 6.76. The number of fused-ring (bicyclic) bond motifs is 1. The molecule has 0 unspecified atom stereocenters. The molecule has 2 fully saturated rings. The van der Waals surface area contributed by atoms with Gasteiger partial charge in [-0.15, -0.1) is 0 Å². The predicted molar refractivity (Wildman–Crippen MR) is 71.2 cm³/mol. The molecule has 20 heavy (non-hydrogen) atoms. The molecule has 6 nitrogen and oxygen atoms in total. The third kappa shape index (κ3) is 3.50. The largest absolute Gasteiger partial charge is 0.385 e. The Morgan fingerprint density at radius 2 is 1.90 bits per heavy atom. The number of hydrogen-bond donors (Lipinski definition) is 1. The van der Waals surface area contributed by atoms with Gasteiger partial charge in [0.1, 0.15) is 24.4 Å². The Balaban J connectivity index is 2.21. The van der Waals surface area contributed by atoms with E-state index >= 15 is 0 Å². The van der Waals surface area contributed by atoms with Gasteiger partial charge in [-0.2, -0.15) is 0 Å². The Morgan fingerprint density at radius 1 is 1.25 bits per heavy atom. The second-order valence-electron chi connectivity index (χ2n) is 6.76. The smallest absolute Gasteiger partial charge is 0.186 e. The van der Waals surface area contributed by atoms with Gasteiger partial charge in [0.25, 0.3) is 0 Å². The van der Waals surface area contributed by atoms with Crippen LogP contribution < -0.4 is 0 Å². The molecule has 2 saturated heterocycles. The summed E-state index contributed by atoms with van der Waals surface area (Å²) in [5.74, 6) is -0.719. The lowest BCUT2D eigenvalue weighted by Crippen LogP contribution is -2.66. The number of ether oxygens (including phenoxy) is 5. The van der Waals surface area contributed by atoms with Crippen LogP contribution in [0.2, 0.25) is 0 Å². The molecule has 1 N–H and O–H groups in total. The molecule has 6 heteroatoms. The van der Waals surface area contributed by atoms with Gasteiger partial charge in [0.05, 0.1) is 12.2 Å². The molecule has 0 aromatic carbocycles. The van der Waals surface area contributed by atoms with E-state index < -0.39 is 29.9 Å². The van der Waals surface area contributed by atoms with Crippen molar-refractivity contribution in [3.8, 4) is 0 Å². The topological polar surface area (TPSA) is 66.4 Å². The summed E-state index contributed by atoms with van der Waals surface area (Å²) in [6, 6.07) is 0. The highest BCUT2D eigenvalue weighted by Crippen LogP contribution is 2.35. The fraction of sp³-hybridized carbons (Fsp3) is 1.00. The minimum atomic E-state index is -0.908. The number of aliphatic hydroxyl groups excluding tert-OH is 1. The van der Waals surface area contributed by atoms with Crippen LogP contribution in [0.3, 0.4) is 0 Å². The van der Waals surface area contributed by atoms with Gasteiger partial charge in [-0.25, -0.2) is 0 Å². The summed E-state index contributed by atoms with van der Waals surface area (Å²) in [6.45, 7) is 9.88. The van der Waals surface area contributed by atoms with Gasteiger partial charge in [0.15, 0.2) is 12.1 Å². The molecule has 2 rings (SSSR count). The Morgan fingerprint density at radius 3 is 2.45 bits per heavy atom. The molecule has 0 spiro atoms. The molecule has 2 aliphatic rings. The zero-order valence-electron chi connectivity index (χ0n) is 13.1. The van der Waals surface area contributed by atoms with E-state index in [-0.39, 0.29) is 12.2 Å². The van der Waals surface area contributed by atoms with Crippen molar-refractivity contribution in [3.05, 3.63) is 0 Å². The van der Waals surface area contributed by atoms with Crippen molar-refractivity contribution < 1.29 is 28.8 Å². The molecule has 0 radical (unpaired) electrons. The standard InChI is InChI=1S/C14H26O6/c1-13(2,3)19-11-9(15)12(16-6)18-8-7-17-14(4,5)20-10(8)11/h8-12,15H,7H2,1-6H3/t8-,9-,10-,11-,12-/m1/s1. The molecule has 2 aliphatic heterocycles. The van der Waals surface area contributed by atoms with Crippen molar-refractivity contribution in [2.24, 2.45) is 0 Å². The maximum Gasteiger partial charge on any atom is 0.186 e. The second kappa shape index (κ2) is 5.51. The first-order valence-corrected chi connectivity index (χ1v) is 6.99. The maximum absolute atomic E-state index is 10.4. The van der Waals surface area contributed by atoms with Crippen LogP contribution in [0.4, 0.5) is 0 Å². The minimum Gasteiger partial charge on any atom is -0.385 e. The van der Waals surface area contributed by atoms with Gasteiger partial charge >= 0.3 is 0 Å². The fourth-order valence-corrected chi connectivity index (χ4v) is 2.55. The molecule has 0 aromatic heterocycles. The van der Waals surface area contributed by atoms with Gasteiger partial charge < -0.3 is 28.8 Å². The van der Waals surface area contributed by atoms with E-state index in [1.54, 1.807) is 0 Å². The summed E-state index contributed by atoms with van der Waals surface area (Å²) in [7, 11) is 1.50. The van der Waals surface area contributed by atoms with Gasteiger partial charge in [0, 0.05) is 7.11 Å². The van der Waals surface area contributed by atoms with Crippen molar-refractivity contribution in [1.82, 2.24) is 0 Å². The Labute approximate surface area is 120 Å². The van der Waals surface area contributed by atoms with Crippen molar-refractivity contribution in [3.63, 3.8) is 0 Å². The lowest BCUT2D eigenvalue weighted by molar-refractivity contribution is -0.389. The molecule has 0 aromatic rings. The molecule has 0 aliphatic carbocycles. The minimum absolute atomic E-state index is 0.316. The SMILES string of the molecule is CO[C@@H]1O[C@@H]2COC(C)(C)O[C@H]2[C@H](OC(C)(C)C)[C@H]1O. The van der Waals surface area contributed by atoms with Crippen LogP contribution >= 0.6 is 0 Å². The number of aliphatic hydroxyl groups is 1. The van der Waals surface area contributed by atoms with Crippen molar-refractivity contribution in [2.45, 2.75) is 76.7 Å². The van der Waals surface area contributed by atoms with Crippen LogP contribution in [0.25, 0.3) is 0 Å². The van der Waals surface area contributed by atoms with Crippen LogP contribution in [0.15, 0.2) is 0 Å². The lowest BCUT2D eigenvalue weighted by Gasteiger charge is -2.50. The molecule has 2 heterocycles. The summed E-state index contributed by atoms with van der Waals surface area (Å²) < 4.78 is 28.4. The van der Waals surface area contributed by atoms with E-state index in [2.05, 4.69) is 0 Å². The average Bonchev–Trinajstić information content (AvgIpc) is 2.31. The molecule has 118 valence electrons. The van der Waals surface area contributed by atoms with Gasteiger partial charge in [0.2, 0.25) is 0 Å². The van der Waals surface area contributed by atoms with E-state index in [9.17, 15) is 5.11 Å². The van der Waals surface area contributed by atoms with Crippen LogP contribution in [-0.2, 0) is 23.7 Å². The zero-order chi connectivity index (χ0) is 15.1. The average molecular weight is 290 g/mol. The summed E-state index contributed by atoms with van der Waals surface area (Å²) >= 11 is 0. The van der Waals surface area contributed by atoms with Crippen LogP contribution in [0, 0.1) is 0 Å². The number of hydrogen-bond acceptors (Lipinski definition) is 6. The summed E-state index contributed by atoms with van der Waals surface area (Å²) in [4.78, 5) is 0. The maximum atomic E-state index is 10.4. The van der Waals surface area contributed by atoms with Gasteiger partial charge in [-0.05, 0) is 34.6 Å². The highest BCUT2D eigenvalue weighted by Gasteiger charge is 2.52. The summed E-state index contributed by atoms with van der Waals surface area (Å²) in [6.07, 6.45) is -2.88. The van der Waals surface area contributed by atoms with E-state index in [1.807, 2.05) is 34.6 Å². The van der Waals surface area contributed by atoms with E-state index in [4.69, 9.17) is 23.7 Å². The number of methoxy groups -OCH3 is 1. The normalized spacial score (nSPS) is 41.2. The Kier molecular flexibility index (Phi) is 4.45. The van der Waals surface area contributed by atoms with E-state index in [1.165, 1.54) is 7.11 Å². The zero-order valence-corrected chi connectivity index (χ0v) is 13.1. The molecule has 5 atom stereocenters. The molecule has 0 saturated carbocycles. The summed E-state index contributed by atoms with van der Waals surface area (Å²) in [5, 5.41) is 10.4. The first-order valence-electron chi connectivity index (χ1n) is 6.99. The Bertz CT molecular complexity index is 337. The first kappa shape index (κ1) is 16.1. The van der Waals surface area contributed by atoms with Crippen molar-refractivity contribution >= 4 is 0 Å². The number of rotatable bonds is 2. The summed E-state index contributed by atoms with van der Waals surface area (Å²) in [5.41, 5.74) is -0.405. The molecular weight excluding hydrogens is 264 g/mol. The molecular formula is C14H26O6. The quantitative estimate of drug-likeness (QED) is 0.820. The van der Waals surface area contributed by atoms with Gasteiger partial charge in [-0.3, -0.25) is 0 Å². The van der Waals surface area contributed by atoms with Crippen molar-refractivity contribution in [2.75, 3.05) is 13.7 Å². The predicted octanol–water partition coefficient (Wildman–Crippen LogP) is 1.05. The third-order valence-electron chi connectivity index (χ3n) is 3.35. The fourth-order valence-electron chi connectivity index (χ4n) is 2.55. The highest BCUT2D eigenvalue weighted by molar-refractivity contribution is 4.95. The molecule has 0 amide bonds.